The van der Waals surface area contributed by atoms with Crippen LogP contribution in [-0.4, -0.2) is 28.9 Å². The van der Waals surface area contributed by atoms with Crippen molar-refractivity contribution >= 4 is 12.0 Å². The fraction of sp³-hybridized carbons (Fsp3) is 0.333. The number of pyridine rings is 1. The van der Waals surface area contributed by atoms with Crippen molar-refractivity contribution in [1.29, 1.82) is 0 Å². The van der Waals surface area contributed by atoms with Gasteiger partial charge in [-0.3, -0.25) is 9.78 Å². The minimum absolute atomic E-state index is 0.227. The molecule has 1 fully saturated rings. The van der Waals surface area contributed by atoms with Crippen LogP contribution in [0.3, 0.4) is 0 Å². The lowest BCUT2D eigenvalue weighted by molar-refractivity contribution is -0.127. The molecule has 0 unspecified atom stereocenters. The molecule has 0 bridgehead atoms. The average molecular weight is 202 g/mol. The summed E-state index contributed by atoms with van der Waals surface area (Å²) in [6.07, 6.45) is 7.36. The lowest BCUT2D eigenvalue weighted by atomic mass is 10.2. The number of amides is 1. The highest BCUT2D eigenvalue weighted by molar-refractivity contribution is 5.79. The van der Waals surface area contributed by atoms with Gasteiger partial charge in [-0.1, -0.05) is 12.1 Å². The molecule has 2 heterocycles. The zero-order chi connectivity index (χ0) is 10.7. The molecule has 0 radical (unpaired) electrons. The SMILES string of the molecule is CN1C(=O)CC[C@@H]1/C=C/c1ccccn1. The number of hydrogen-bond acceptors (Lipinski definition) is 2. The Morgan fingerprint density at radius 1 is 1.53 bits per heavy atom. The summed E-state index contributed by atoms with van der Waals surface area (Å²) in [6.45, 7) is 0. The van der Waals surface area contributed by atoms with E-state index >= 15 is 0 Å². The quantitative estimate of drug-likeness (QED) is 0.731. The van der Waals surface area contributed by atoms with Crippen LogP contribution in [-0.2, 0) is 4.79 Å². The molecule has 1 amide bonds. The van der Waals surface area contributed by atoms with Gasteiger partial charge in [-0.25, -0.2) is 0 Å². The smallest absolute Gasteiger partial charge is 0.222 e. The maximum Gasteiger partial charge on any atom is 0.222 e. The molecule has 0 spiro atoms. The van der Waals surface area contributed by atoms with Crippen LogP contribution in [0.5, 0.6) is 0 Å². The van der Waals surface area contributed by atoms with Crippen molar-refractivity contribution in [3.8, 4) is 0 Å². The van der Waals surface area contributed by atoms with E-state index in [-0.39, 0.29) is 11.9 Å². The first-order chi connectivity index (χ1) is 7.27. The van der Waals surface area contributed by atoms with Crippen LogP contribution in [0.25, 0.3) is 6.08 Å². The van der Waals surface area contributed by atoms with Gasteiger partial charge in [0.25, 0.3) is 0 Å². The fourth-order valence-electron chi connectivity index (χ4n) is 1.74. The average Bonchev–Trinajstić information content (AvgIpc) is 2.59. The van der Waals surface area contributed by atoms with E-state index in [1.165, 1.54) is 0 Å². The Morgan fingerprint density at radius 2 is 2.40 bits per heavy atom. The second kappa shape index (κ2) is 4.26. The van der Waals surface area contributed by atoms with Crippen molar-refractivity contribution in [1.82, 2.24) is 9.88 Å². The van der Waals surface area contributed by atoms with Crippen LogP contribution < -0.4 is 0 Å². The van der Waals surface area contributed by atoms with Gasteiger partial charge in [0, 0.05) is 19.7 Å². The summed E-state index contributed by atoms with van der Waals surface area (Å²) in [5.74, 6) is 0.227. The summed E-state index contributed by atoms with van der Waals surface area (Å²) in [5.41, 5.74) is 0.935. The van der Waals surface area contributed by atoms with Gasteiger partial charge >= 0.3 is 0 Å². The third-order valence-electron chi connectivity index (χ3n) is 2.72. The molecule has 0 aromatic carbocycles. The summed E-state index contributed by atoms with van der Waals surface area (Å²) >= 11 is 0. The van der Waals surface area contributed by atoms with Crippen molar-refractivity contribution in [3.63, 3.8) is 0 Å². The molecular weight excluding hydrogens is 188 g/mol. The lowest BCUT2D eigenvalue weighted by Crippen LogP contribution is -2.26. The number of nitrogens with zero attached hydrogens (tertiary/aromatic N) is 2. The normalized spacial score (nSPS) is 21.5. The standard InChI is InChI=1S/C12H14N2O/c1-14-11(7-8-12(14)15)6-5-10-4-2-3-9-13-10/h2-6,9,11H,7-8H2,1H3/b6-5+/t11-/m0/s1. The highest BCUT2D eigenvalue weighted by Gasteiger charge is 2.24. The van der Waals surface area contributed by atoms with Gasteiger partial charge in [0.15, 0.2) is 0 Å². The van der Waals surface area contributed by atoms with E-state index in [1.54, 1.807) is 11.1 Å². The molecule has 1 saturated heterocycles. The predicted molar refractivity (Wildman–Crippen MR) is 59.1 cm³/mol. The first-order valence-corrected chi connectivity index (χ1v) is 5.12. The van der Waals surface area contributed by atoms with Gasteiger partial charge in [-0.2, -0.15) is 0 Å². The Labute approximate surface area is 89.4 Å². The van der Waals surface area contributed by atoms with Gasteiger partial charge in [-0.05, 0) is 24.6 Å². The minimum Gasteiger partial charge on any atom is -0.339 e. The zero-order valence-corrected chi connectivity index (χ0v) is 8.76. The van der Waals surface area contributed by atoms with E-state index in [0.29, 0.717) is 6.42 Å². The van der Waals surface area contributed by atoms with E-state index in [0.717, 1.165) is 12.1 Å². The van der Waals surface area contributed by atoms with Gasteiger partial charge in [0.2, 0.25) is 5.91 Å². The zero-order valence-electron chi connectivity index (χ0n) is 8.76. The Morgan fingerprint density at radius 3 is 3.00 bits per heavy atom. The highest BCUT2D eigenvalue weighted by atomic mass is 16.2. The van der Waals surface area contributed by atoms with Crippen molar-refractivity contribution < 1.29 is 4.79 Å². The molecule has 1 aliphatic heterocycles. The highest BCUT2D eigenvalue weighted by Crippen LogP contribution is 2.18. The van der Waals surface area contributed by atoms with Crippen molar-refractivity contribution in [2.75, 3.05) is 7.05 Å². The van der Waals surface area contributed by atoms with Crippen molar-refractivity contribution in [2.24, 2.45) is 0 Å². The first kappa shape index (κ1) is 9.90. The molecule has 0 saturated carbocycles. The lowest BCUT2D eigenvalue weighted by Gasteiger charge is -2.15. The number of likely N-dealkylation sites (tertiary alicyclic amines) is 1. The Balaban J connectivity index is 2.04. The number of carbonyl (C=O) groups excluding carboxylic acids is 1. The van der Waals surface area contributed by atoms with Crippen LogP contribution >= 0.6 is 0 Å². The molecule has 1 aromatic rings. The second-order valence-corrected chi connectivity index (χ2v) is 3.72. The number of aromatic nitrogens is 1. The predicted octanol–water partition coefficient (Wildman–Crippen LogP) is 1.72. The molecule has 3 heteroatoms. The van der Waals surface area contributed by atoms with Crippen LogP contribution in [0.1, 0.15) is 18.5 Å². The van der Waals surface area contributed by atoms with E-state index in [1.807, 2.05) is 37.4 Å². The van der Waals surface area contributed by atoms with Crippen LogP contribution in [0.2, 0.25) is 0 Å². The summed E-state index contributed by atoms with van der Waals surface area (Å²) in [4.78, 5) is 17.3. The topological polar surface area (TPSA) is 33.2 Å². The maximum atomic E-state index is 11.3. The molecule has 0 N–H and O–H groups in total. The minimum atomic E-state index is 0.227. The molecule has 0 aliphatic carbocycles. The molecule has 1 aromatic heterocycles. The molecule has 1 aliphatic rings. The third-order valence-corrected chi connectivity index (χ3v) is 2.72. The van der Waals surface area contributed by atoms with Crippen LogP contribution in [0, 0.1) is 0 Å². The molecule has 2 rings (SSSR count). The molecule has 1 atom stereocenters. The van der Waals surface area contributed by atoms with Crippen LogP contribution in [0.15, 0.2) is 30.5 Å². The van der Waals surface area contributed by atoms with Crippen LogP contribution in [0.4, 0.5) is 0 Å². The number of hydrogen-bond donors (Lipinski definition) is 0. The van der Waals surface area contributed by atoms with Gasteiger partial charge < -0.3 is 4.90 Å². The Hall–Kier alpha value is -1.64. The van der Waals surface area contributed by atoms with Gasteiger partial charge in [0.05, 0.1) is 11.7 Å². The summed E-state index contributed by atoms with van der Waals surface area (Å²) in [5, 5.41) is 0. The maximum absolute atomic E-state index is 11.3. The number of rotatable bonds is 2. The first-order valence-electron chi connectivity index (χ1n) is 5.12. The van der Waals surface area contributed by atoms with E-state index in [9.17, 15) is 4.79 Å². The van der Waals surface area contributed by atoms with Gasteiger partial charge in [0.1, 0.15) is 0 Å². The summed E-state index contributed by atoms with van der Waals surface area (Å²) in [7, 11) is 1.85. The number of carbonyl (C=O) groups is 1. The third kappa shape index (κ3) is 2.24. The molecule has 78 valence electrons. The van der Waals surface area contributed by atoms with E-state index < -0.39 is 0 Å². The second-order valence-electron chi connectivity index (χ2n) is 3.72. The molecular formula is C12H14N2O. The molecule has 15 heavy (non-hydrogen) atoms. The Bertz CT molecular complexity index is 372. The fourth-order valence-corrected chi connectivity index (χ4v) is 1.74. The monoisotopic (exact) mass is 202 g/mol. The number of likely N-dealkylation sites (N-methyl/N-ethyl adjacent to an activating group) is 1. The summed E-state index contributed by atoms with van der Waals surface area (Å²) < 4.78 is 0. The summed E-state index contributed by atoms with van der Waals surface area (Å²) in [6, 6.07) is 6.03. The molecule has 3 nitrogen and oxygen atoms in total. The largest absolute Gasteiger partial charge is 0.339 e. The van der Waals surface area contributed by atoms with Crippen molar-refractivity contribution in [3.05, 3.63) is 36.2 Å². The van der Waals surface area contributed by atoms with E-state index in [2.05, 4.69) is 4.98 Å². The van der Waals surface area contributed by atoms with Crippen molar-refractivity contribution in [2.45, 2.75) is 18.9 Å². The van der Waals surface area contributed by atoms with Gasteiger partial charge in [-0.15, -0.1) is 0 Å². The Kier molecular flexibility index (Phi) is 2.81. The van der Waals surface area contributed by atoms with E-state index in [4.69, 9.17) is 0 Å².